The van der Waals surface area contributed by atoms with Crippen LogP contribution in [0.4, 0.5) is 0 Å². The zero-order valence-electron chi connectivity index (χ0n) is 14.0. The average molecular weight is 296 g/mol. The molecule has 0 aromatic carbocycles. The Hall–Kier alpha value is -0.610. The Morgan fingerprint density at radius 2 is 1.86 bits per heavy atom. The van der Waals surface area contributed by atoms with Gasteiger partial charge in [-0.15, -0.1) is 0 Å². The van der Waals surface area contributed by atoms with Crippen molar-refractivity contribution >= 4 is 5.91 Å². The number of nitrogens with zero attached hydrogens (tertiary/aromatic N) is 2. The molecule has 0 radical (unpaired) electrons. The molecule has 2 rings (SSSR count). The van der Waals surface area contributed by atoms with Crippen molar-refractivity contribution in [1.82, 2.24) is 9.80 Å². The lowest BCUT2D eigenvalue weighted by Crippen LogP contribution is -2.46. The molecule has 2 fully saturated rings. The van der Waals surface area contributed by atoms with Gasteiger partial charge < -0.3 is 10.0 Å². The molecule has 1 aliphatic heterocycles. The highest BCUT2D eigenvalue weighted by Gasteiger charge is 2.34. The van der Waals surface area contributed by atoms with Crippen LogP contribution >= 0.6 is 0 Å². The summed E-state index contributed by atoms with van der Waals surface area (Å²) in [5, 5.41) is 10.8. The predicted octanol–water partition coefficient (Wildman–Crippen LogP) is 2.12. The van der Waals surface area contributed by atoms with Gasteiger partial charge in [0.25, 0.3) is 0 Å². The summed E-state index contributed by atoms with van der Waals surface area (Å²) in [4.78, 5) is 16.5. The van der Waals surface area contributed by atoms with Crippen LogP contribution in [0.1, 0.15) is 52.9 Å². The third-order valence-electron chi connectivity index (χ3n) is 5.12. The maximum Gasteiger partial charge on any atom is 0.225 e. The van der Waals surface area contributed by atoms with Crippen molar-refractivity contribution in [3.8, 4) is 0 Å². The van der Waals surface area contributed by atoms with Crippen LogP contribution in [-0.4, -0.2) is 59.1 Å². The summed E-state index contributed by atoms with van der Waals surface area (Å²) in [6.07, 6.45) is 5.16. The molecule has 0 spiro atoms. The second-order valence-corrected chi connectivity index (χ2v) is 7.52. The number of carbonyl (C=O) groups is 1. The van der Waals surface area contributed by atoms with Crippen molar-refractivity contribution in [2.45, 2.75) is 58.5 Å². The Labute approximate surface area is 129 Å². The van der Waals surface area contributed by atoms with Crippen molar-refractivity contribution in [3.05, 3.63) is 0 Å². The van der Waals surface area contributed by atoms with Crippen molar-refractivity contribution in [2.75, 3.05) is 32.7 Å². The van der Waals surface area contributed by atoms with E-state index in [2.05, 4.69) is 11.8 Å². The van der Waals surface area contributed by atoms with Crippen LogP contribution in [0.2, 0.25) is 0 Å². The molecule has 0 aromatic heterocycles. The number of amides is 1. The minimum atomic E-state index is -0.496. The molecule has 0 aromatic rings. The average Bonchev–Trinajstić information content (AvgIpc) is 2.67. The number of hydrogen-bond acceptors (Lipinski definition) is 3. The lowest BCUT2D eigenvalue weighted by atomic mass is 9.79. The molecule has 1 saturated heterocycles. The first kappa shape index (κ1) is 16.8. The number of β-amino-alcohol motifs (C(OH)–C–C–N with tert-alkyl or cyclic N) is 1. The summed E-state index contributed by atoms with van der Waals surface area (Å²) >= 11 is 0. The molecule has 1 aliphatic carbocycles. The van der Waals surface area contributed by atoms with Crippen LogP contribution in [-0.2, 0) is 4.79 Å². The Bertz CT molecular complexity index is 349. The summed E-state index contributed by atoms with van der Waals surface area (Å²) in [7, 11) is 0. The van der Waals surface area contributed by atoms with E-state index in [1.807, 2.05) is 18.7 Å². The van der Waals surface area contributed by atoms with Crippen LogP contribution in [0, 0.1) is 11.8 Å². The number of hydrogen-bond donors (Lipinski definition) is 1. The first-order valence-corrected chi connectivity index (χ1v) is 8.63. The summed E-state index contributed by atoms with van der Waals surface area (Å²) in [5.74, 6) is 1.11. The number of carbonyl (C=O) groups excluding carboxylic acids is 1. The van der Waals surface area contributed by atoms with Crippen LogP contribution in [0.3, 0.4) is 0 Å². The molecule has 4 nitrogen and oxygen atoms in total. The molecule has 4 heteroatoms. The van der Waals surface area contributed by atoms with Crippen LogP contribution in [0.25, 0.3) is 0 Å². The highest BCUT2D eigenvalue weighted by atomic mass is 16.3. The summed E-state index contributed by atoms with van der Waals surface area (Å²) in [6.45, 7) is 10.6. The quantitative estimate of drug-likeness (QED) is 0.867. The molecule has 0 atom stereocenters. The van der Waals surface area contributed by atoms with Gasteiger partial charge in [-0.25, -0.2) is 0 Å². The zero-order chi connectivity index (χ0) is 15.5. The molecular weight excluding hydrogens is 264 g/mol. The van der Waals surface area contributed by atoms with E-state index in [9.17, 15) is 9.90 Å². The minimum Gasteiger partial charge on any atom is -0.389 e. The van der Waals surface area contributed by atoms with Gasteiger partial charge in [0.1, 0.15) is 0 Å². The van der Waals surface area contributed by atoms with Crippen LogP contribution < -0.4 is 0 Å². The Morgan fingerprint density at radius 1 is 1.19 bits per heavy atom. The maximum absolute atomic E-state index is 12.1. The predicted molar refractivity (Wildman–Crippen MR) is 85.1 cm³/mol. The van der Waals surface area contributed by atoms with Crippen molar-refractivity contribution in [3.63, 3.8) is 0 Å². The monoisotopic (exact) mass is 296 g/mol. The van der Waals surface area contributed by atoms with E-state index in [0.29, 0.717) is 0 Å². The largest absolute Gasteiger partial charge is 0.389 e. The van der Waals surface area contributed by atoms with E-state index in [-0.39, 0.29) is 11.8 Å². The smallest absolute Gasteiger partial charge is 0.225 e. The van der Waals surface area contributed by atoms with E-state index in [4.69, 9.17) is 0 Å². The van der Waals surface area contributed by atoms with Gasteiger partial charge in [0, 0.05) is 38.6 Å². The van der Waals surface area contributed by atoms with Crippen LogP contribution in [0.15, 0.2) is 0 Å². The molecule has 122 valence electrons. The summed E-state index contributed by atoms with van der Waals surface area (Å²) in [6, 6.07) is 0. The second kappa shape index (κ2) is 7.10. The molecule has 1 heterocycles. The molecular formula is C17H32N2O2. The number of aliphatic hydroxyl groups is 1. The highest BCUT2D eigenvalue weighted by Crippen LogP contribution is 2.32. The van der Waals surface area contributed by atoms with Gasteiger partial charge in [-0.2, -0.15) is 0 Å². The minimum absolute atomic E-state index is 0.0839. The van der Waals surface area contributed by atoms with Gasteiger partial charge in [0.2, 0.25) is 5.91 Å². The fourth-order valence-electron chi connectivity index (χ4n) is 3.59. The first-order chi connectivity index (χ1) is 9.89. The van der Waals surface area contributed by atoms with Gasteiger partial charge >= 0.3 is 0 Å². The van der Waals surface area contributed by atoms with Crippen molar-refractivity contribution in [1.29, 1.82) is 0 Å². The Balaban J connectivity index is 1.84. The lowest BCUT2D eigenvalue weighted by molar-refractivity contribution is -0.134. The van der Waals surface area contributed by atoms with Crippen molar-refractivity contribution < 1.29 is 9.90 Å². The fourth-order valence-corrected chi connectivity index (χ4v) is 3.59. The van der Waals surface area contributed by atoms with E-state index in [0.717, 1.165) is 70.7 Å². The van der Waals surface area contributed by atoms with Gasteiger partial charge in [-0.05, 0) is 38.0 Å². The summed E-state index contributed by atoms with van der Waals surface area (Å²) < 4.78 is 0. The summed E-state index contributed by atoms with van der Waals surface area (Å²) in [5.41, 5.74) is -0.496. The first-order valence-electron chi connectivity index (χ1n) is 8.63. The molecule has 1 amide bonds. The molecule has 1 N–H and O–H groups in total. The standard InChI is InChI=1S/C17H32N2O2/c1-14(2)16(20)19-10-4-9-18(11-12-19)13-17(21)7-5-15(3)6-8-17/h14-15,21H,4-13H2,1-3H3. The van der Waals surface area contributed by atoms with Gasteiger partial charge in [0.15, 0.2) is 0 Å². The topological polar surface area (TPSA) is 43.8 Å². The third-order valence-corrected chi connectivity index (χ3v) is 5.12. The Kier molecular flexibility index (Phi) is 5.67. The molecule has 2 aliphatic rings. The zero-order valence-corrected chi connectivity index (χ0v) is 14.0. The Morgan fingerprint density at radius 3 is 2.48 bits per heavy atom. The molecule has 21 heavy (non-hydrogen) atoms. The van der Waals surface area contributed by atoms with Gasteiger partial charge in [-0.3, -0.25) is 9.69 Å². The molecule has 0 unspecified atom stereocenters. The number of rotatable bonds is 3. The van der Waals surface area contributed by atoms with Gasteiger partial charge in [-0.1, -0.05) is 20.8 Å². The van der Waals surface area contributed by atoms with E-state index in [1.54, 1.807) is 0 Å². The maximum atomic E-state index is 12.1. The third kappa shape index (κ3) is 4.68. The molecule has 0 bridgehead atoms. The highest BCUT2D eigenvalue weighted by molar-refractivity contribution is 5.78. The fraction of sp³-hybridized carbons (Fsp3) is 0.941. The molecule has 1 saturated carbocycles. The SMILES string of the molecule is CC1CCC(O)(CN2CCCN(C(=O)C(C)C)CC2)CC1. The van der Waals surface area contributed by atoms with E-state index < -0.39 is 5.60 Å². The van der Waals surface area contributed by atoms with E-state index >= 15 is 0 Å². The second-order valence-electron chi connectivity index (χ2n) is 7.52. The normalized spacial score (nSPS) is 32.2. The lowest BCUT2D eigenvalue weighted by Gasteiger charge is -2.38. The van der Waals surface area contributed by atoms with Crippen LogP contribution in [0.5, 0.6) is 0 Å². The van der Waals surface area contributed by atoms with E-state index in [1.165, 1.54) is 0 Å². The van der Waals surface area contributed by atoms with Gasteiger partial charge in [0.05, 0.1) is 5.60 Å². The van der Waals surface area contributed by atoms with Crippen molar-refractivity contribution in [2.24, 2.45) is 11.8 Å².